The van der Waals surface area contributed by atoms with Gasteiger partial charge >= 0.3 is 5.69 Å². The number of H-pyrrole nitrogens is 1. The van der Waals surface area contributed by atoms with Gasteiger partial charge in [0.2, 0.25) is 0 Å². The smallest absolute Gasteiger partial charge is 0.330 e. The lowest BCUT2D eigenvalue weighted by Gasteiger charge is -2.26. The fourth-order valence-corrected chi connectivity index (χ4v) is 3.09. The fraction of sp³-hybridized carbons (Fsp3) is 0.500. The van der Waals surface area contributed by atoms with E-state index in [0.717, 1.165) is 24.0 Å². The summed E-state index contributed by atoms with van der Waals surface area (Å²) < 4.78 is 6.98. The Balaban J connectivity index is 2.36. The molecule has 1 heterocycles. The molecule has 1 aromatic heterocycles. The van der Waals surface area contributed by atoms with Crippen molar-refractivity contribution in [3.8, 4) is 5.75 Å². The van der Waals surface area contributed by atoms with Crippen LogP contribution in [0.3, 0.4) is 0 Å². The van der Waals surface area contributed by atoms with E-state index in [1.807, 2.05) is 46.8 Å². The van der Waals surface area contributed by atoms with Crippen LogP contribution in [0.4, 0.5) is 11.5 Å². The first-order valence-corrected chi connectivity index (χ1v) is 10.3. The van der Waals surface area contributed by atoms with Crippen molar-refractivity contribution in [1.29, 1.82) is 0 Å². The minimum atomic E-state index is -0.676. The van der Waals surface area contributed by atoms with Crippen molar-refractivity contribution in [1.82, 2.24) is 9.55 Å². The van der Waals surface area contributed by atoms with Gasteiger partial charge in [0, 0.05) is 13.1 Å². The second-order valence-electron chi connectivity index (χ2n) is 7.93. The number of hydrogen-bond donors (Lipinski definition) is 2. The van der Waals surface area contributed by atoms with E-state index in [2.05, 4.69) is 4.98 Å². The molecular weight excluding hydrogens is 384 g/mol. The van der Waals surface area contributed by atoms with E-state index in [-0.39, 0.29) is 30.6 Å². The normalized spacial score (nSPS) is 11.0. The molecule has 8 nitrogen and oxygen atoms in total. The number of ether oxygens (including phenoxy) is 1. The largest absolute Gasteiger partial charge is 0.484 e. The van der Waals surface area contributed by atoms with Crippen molar-refractivity contribution >= 4 is 17.4 Å². The second-order valence-corrected chi connectivity index (χ2v) is 7.93. The molecule has 8 heteroatoms. The summed E-state index contributed by atoms with van der Waals surface area (Å²) >= 11 is 0. The fourth-order valence-electron chi connectivity index (χ4n) is 3.09. The summed E-state index contributed by atoms with van der Waals surface area (Å²) in [6, 6.07) is 5.59. The van der Waals surface area contributed by atoms with Crippen molar-refractivity contribution in [3.63, 3.8) is 0 Å². The Hall–Kier alpha value is -3.03. The van der Waals surface area contributed by atoms with Crippen LogP contribution in [0.5, 0.6) is 5.75 Å². The van der Waals surface area contributed by atoms with E-state index in [1.165, 1.54) is 9.47 Å². The number of aromatic nitrogens is 2. The molecule has 1 amide bonds. The molecule has 0 spiro atoms. The van der Waals surface area contributed by atoms with Gasteiger partial charge in [0.05, 0.1) is 0 Å². The highest BCUT2D eigenvalue weighted by Crippen LogP contribution is 2.20. The van der Waals surface area contributed by atoms with Crippen LogP contribution in [0.15, 0.2) is 27.8 Å². The molecule has 1 aromatic carbocycles. The Morgan fingerprint density at radius 1 is 1.23 bits per heavy atom. The van der Waals surface area contributed by atoms with E-state index >= 15 is 0 Å². The van der Waals surface area contributed by atoms with Gasteiger partial charge in [-0.05, 0) is 49.4 Å². The molecule has 0 atom stereocenters. The number of anilines is 2. The van der Waals surface area contributed by atoms with Gasteiger partial charge in [0.25, 0.3) is 11.5 Å². The molecule has 0 saturated heterocycles. The Kier molecular flexibility index (Phi) is 7.86. The van der Waals surface area contributed by atoms with Crippen LogP contribution >= 0.6 is 0 Å². The average molecular weight is 417 g/mol. The third-order valence-corrected chi connectivity index (χ3v) is 4.91. The van der Waals surface area contributed by atoms with Crippen molar-refractivity contribution < 1.29 is 9.53 Å². The lowest BCUT2D eigenvalue weighted by Crippen LogP contribution is -2.44. The summed E-state index contributed by atoms with van der Waals surface area (Å²) in [4.78, 5) is 41.4. The molecule has 0 saturated carbocycles. The number of carbonyl (C=O) groups is 1. The number of nitrogens with zero attached hydrogens (tertiary/aromatic N) is 2. The first-order chi connectivity index (χ1) is 14.1. The van der Waals surface area contributed by atoms with Crippen LogP contribution in [-0.4, -0.2) is 28.6 Å². The van der Waals surface area contributed by atoms with Gasteiger partial charge in [-0.3, -0.25) is 19.1 Å². The number of unbranched alkanes of at least 4 members (excludes halogenated alkanes) is 1. The van der Waals surface area contributed by atoms with Crippen LogP contribution in [0.1, 0.15) is 44.7 Å². The number of nitrogens with one attached hydrogen (secondary N) is 1. The number of nitrogens with two attached hydrogens (primary N) is 1. The predicted molar refractivity (Wildman–Crippen MR) is 119 cm³/mol. The quantitative estimate of drug-likeness (QED) is 0.653. The number of benzene rings is 1. The number of aryl methyl sites for hydroxylation is 2. The number of rotatable bonds is 9. The van der Waals surface area contributed by atoms with Gasteiger partial charge in [0.1, 0.15) is 11.6 Å². The zero-order chi connectivity index (χ0) is 22.4. The summed E-state index contributed by atoms with van der Waals surface area (Å²) in [6.45, 7) is 10.2. The second kappa shape index (κ2) is 10.1. The Morgan fingerprint density at radius 2 is 1.93 bits per heavy atom. The molecule has 0 aliphatic rings. The molecule has 0 aliphatic carbocycles. The van der Waals surface area contributed by atoms with Crippen molar-refractivity contribution in [2.24, 2.45) is 5.92 Å². The molecule has 0 bridgehead atoms. The lowest BCUT2D eigenvalue weighted by molar-refractivity contribution is -0.120. The van der Waals surface area contributed by atoms with Crippen LogP contribution in [0.25, 0.3) is 0 Å². The van der Waals surface area contributed by atoms with Crippen LogP contribution in [-0.2, 0) is 11.3 Å². The minimum absolute atomic E-state index is 0.00243. The molecule has 2 rings (SSSR count). The molecule has 0 radical (unpaired) electrons. The maximum atomic E-state index is 13.0. The number of aromatic amines is 1. The third-order valence-electron chi connectivity index (χ3n) is 4.91. The van der Waals surface area contributed by atoms with Crippen LogP contribution in [0, 0.1) is 19.8 Å². The highest BCUT2D eigenvalue weighted by atomic mass is 16.5. The molecular formula is C22H32N4O4. The molecule has 164 valence electrons. The van der Waals surface area contributed by atoms with E-state index < -0.39 is 17.2 Å². The standard InChI is InChI=1S/C22H32N4O4/c1-6-7-10-25-20(23)19(21(28)24-22(25)29)26(12-14(2)3)18(27)13-30-17-9-8-15(4)16(5)11-17/h8-9,11,14H,6-7,10,12-13,23H2,1-5H3,(H,24,28,29). The van der Waals surface area contributed by atoms with E-state index in [1.54, 1.807) is 6.07 Å². The molecule has 0 aliphatic heterocycles. The Labute approximate surface area is 176 Å². The van der Waals surface area contributed by atoms with Crippen LogP contribution in [0.2, 0.25) is 0 Å². The van der Waals surface area contributed by atoms with Crippen molar-refractivity contribution in [2.45, 2.75) is 54.0 Å². The minimum Gasteiger partial charge on any atom is -0.484 e. The number of amides is 1. The summed E-state index contributed by atoms with van der Waals surface area (Å²) in [6.07, 6.45) is 1.59. The van der Waals surface area contributed by atoms with Crippen molar-refractivity contribution in [2.75, 3.05) is 23.8 Å². The summed E-state index contributed by atoms with van der Waals surface area (Å²) in [7, 11) is 0. The lowest BCUT2D eigenvalue weighted by atomic mass is 10.1. The van der Waals surface area contributed by atoms with Gasteiger partial charge in [0.15, 0.2) is 12.3 Å². The van der Waals surface area contributed by atoms with E-state index in [9.17, 15) is 14.4 Å². The topological polar surface area (TPSA) is 110 Å². The number of hydrogen-bond acceptors (Lipinski definition) is 5. The third kappa shape index (κ3) is 5.52. The highest BCUT2D eigenvalue weighted by Gasteiger charge is 2.25. The zero-order valence-corrected chi connectivity index (χ0v) is 18.4. The number of carbonyl (C=O) groups excluding carboxylic acids is 1. The summed E-state index contributed by atoms with van der Waals surface area (Å²) in [5.74, 6) is 0.244. The van der Waals surface area contributed by atoms with Gasteiger partial charge in [-0.1, -0.05) is 33.3 Å². The first kappa shape index (κ1) is 23.3. The van der Waals surface area contributed by atoms with Gasteiger partial charge < -0.3 is 15.4 Å². The van der Waals surface area contributed by atoms with Gasteiger partial charge in [-0.25, -0.2) is 4.79 Å². The summed E-state index contributed by atoms with van der Waals surface area (Å²) in [5, 5.41) is 0. The SMILES string of the molecule is CCCCn1c(N)c(N(CC(C)C)C(=O)COc2ccc(C)c(C)c2)c(=O)[nH]c1=O. The highest BCUT2D eigenvalue weighted by molar-refractivity contribution is 5.96. The first-order valence-electron chi connectivity index (χ1n) is 10.3. The van der Waals surface area contributed by atoms with Crippen LogP contribution < -0.4 is 26.6 Å². The predicted octanol–water partition coefficient (Wildman–Crippen LogP) is 2.60. The molecule has 3 N–H and O–H groups in total. The monoisotopic (exact) mass is 416 g/mol. The Bertz CT molecular complexity index is 1010. The zero-order valence-electron chi connectivity index (χ0n) is 18.4. The molecule has 30 heavy (non-hydrogen) atoms. The maximum absolute atomic E-state index is 13.0. The average Bonchev–Trinajstić information content (AvgIpc) is 2.67. The summed E-state index contributed by atoms with van der Waals surface area (Å²) in [5.41, 5.74) is 7.13. The Morgan fingerprint density at radius 3 is 2.53 bits per heavy atom. The van der Waals surface area contributed by atoms with Gasteiger partial charge in [-0.15, -0.1) is 0 Å². The van der Waals surface area contributed by atoms with E-state index in [4.69, 9.17) is 10.5 Å². The maximum Gasteiger partial charge on any atom is 0.330 e. The van der Waals surface area contributed by atoms with Gasteiger partial charge in [-0.2, -0.15) is 0 Å². The molecule has 0 unspecified atom stereocenters. The molecule has 2 aromatic rings. The van der Waals surface area contributed by atoms with E-state index in [0.29, 0.717) is 12.3 Å². The molecule has 0 fully saturated rings. The van der Waals surface area contributed by atoms with Crippen molar-refractivity contribution in [3.05, 3.63) is 50.2 Å². The number of nitrogen functional groups attached to an aromatic ring is 1.